The molecule has 1 aromatic carbocycles. The number of carbonyl (C=O) groups is 1. The second-order valence-corrected chi connectivity index (χ2v) is 9.73. The summed E-state index contributed by atoms with van der Waals surface area (Å²) in [4.78, 5) is 12.0. The molecule has 0 aliphatic carbocycles. The lowest BCUT2D eigenvalue weighted by atomic mass is 10.2. The van der Waals surface area contributed by atoms with Gasteiger partial charge in [0.05, 0.1) is 0 Å². The number of nitrogens with one attached hydrogen (secondary N) is 2. The van der Waals surface area contributed by atoms with Gasteiger partial charge in [-0.15, -0.1) is 11.3 Å². The highest BCUT2D eigenvalue weighted by molar-refractivity contribution is 9.10. The molecule has 7 nitrogen and oxygen atoms in total. The van der Waals surface area contributed by atoms with Gasteiger partial charge in [0.25, 0.3) is 10.0 Å². The van der Waals surface area contributed by atoms with Crippen LogP contribution in [0.15, 0.2) is 49.6 Å². The summed E-state index contributed by atoms with van der Waals surface area (Å²) in [7, 11) is -3.69. The molecule has 0 unspecified atom stereocenters. The Kier molecular flexibility index (Phi) is 6.01. The van der Waals surface area contributed by atoms with E-state index in [-0.39, 0.29) is 10.1 Å². The van der Waals surface area contributed by atoms with E-state index >= 15 is 0 Å². The third kappa shape index (κ3) is 4.89. The summed E-state index contributed by atoms with van der Waals surface area (Å²) in [6, 6.07) is 10.1. The monoisotopic (exact) mass is 481 g/mol. The highest BCUT2D eigenvalue weighted by atomic mass is 79.9. The number of halogens is 1. The van der Waals surface area contributed by atoms with E-state index in [0.717, 1.165) is 15.8 Å². The number of aromatic nitrogens is 1. The molecule has 2 aromatic heterocycles. The molecule has 3 aromatic rings. The third-order valence-electron chi connectivity index (χ3n) is 3.53. The largest absolute Gasteiger partial charge is 0.354 e. The lowest BCUT2D eigenvalue weighted by Crippen LogP contribution is -2.11. The Hall–Kier alpha value is -2.43. The number of nitrogens with zero attached hydrogens (tertiary/aromatic N) is 1. The fourth-order valence-electron chi connectivity index (χ4n) is 2.31. The van der Waals surface area contributed by atoms with Gasteiger partial charge in [0.15, 0.2) is 5.76 Å². The number of thiophene rings is 1. The number of hydrogen-bond donors (Lipinski definition) is 2. The average molecular weight is 482 g/mol. The van der Waals surface area contributed by atoms with Crippen molar-refractivity contribution in [3.8, 4) is 0 Å². The number of anilines is 2. The first-order chi connectivity index (χ1) is 13.2. The molecular formula is C18H16BrN3O4S2. The summed E-state index contributed by atoms with van der Waals surface area (Å²) >= 11 is 4.42. The first-order valence-corrected chi connectivity index (χ1v) is 11.1. The van der Waals surface area contributed by atoms with E-state index in [1.165, 1.54) is 13.0 Å². The minimum Gasteiger partial charge on any atom is -0.354 e. The molecule has 28 heavy (non-hydrogen) atoms. The van der Waals surface area contributed by atoms with Crippen LogP contribution in [-0.2, 0) is 14.8 Å². The molecule has 0 aliphatic rings. The van der Waals surface area contributed by atoms with Gasteiger partial charge in [-0.25, -0.2) is 8.42 Å². The molecule has 0 atom stereocenters. The Balaban J connectivity index is 1.79. The molecule has 0 aliphatic heterocycles. The van der Waals surface area contributed by atoms with E-state index in [1.807, 2.05) is 6.07 Å². The number of benzene rings is 1. The van der Waals surface area contributed by atoms with Crippen LogP contribution < -0.4 is 10.0 Å². The zero-order valence-corrected chi connectivity index (χ0v) is 18.1. The van der Waals surface area contributed by atoms with Gasteiger partial charge in [-0.3, -0.25) is 9.52 Å². The van der Waals surface area contributed by atoms with Crippen molar-refractivity contribution in [3.05, 3.63) is 57.2 Å². The fraction of sp³-hybridized carbons (Fsp3) is 0.111. The van der Waals surface area contributed by atoms with E-state index in [0.29, 0.717) is 27.7 Å². The van der Waals surface area contributed by atoms with Crippen LogP contribution in [0.1, 0.15) is 23.3 Å². The van der Waals surface area contributed by atoms with Crippen molar-refractivity contribution in [1.82, 2.24) is 5.16 Å². The summed E-state index contributed by atoms with van der Waals surface area (Å²) in [5.74, 6) is 0.154. The van der Waals surface area contributed by atoms with Gasteiger partial charge >= 0.3 is 0 Å². The molecule has 0 spiro atoms. The van der Waals surface area contributed by atoms with Crippen molar-refractivity contribution in [2.45, 2.75) is 18.1 Å². The molecule has 0 radical (unpaired) electrons. The maximum atomic E-state index is 12.6. The number of sulfonamides is 1. The van der Waals surface area contributed by atoms with Gasteiger partial charge in [0, 0.05) is 22.0 Å². The van der Waals surface area contributed by atoms with Crippen molar-refractivity contribution in [1.29, 1.82) is 0 Å². The standard InChI is InChI=1S/C18H16BrN3O4S2/c1-11-18(20-12(2)23)16(26-21-11)8-6-15-7-9-17(27-15)28(24,25)22-14-5-3-4-13(19)10-14/h3-10,22H,1-2H3,(H,20,23)/b8-6+. The van der Waals surface area contributed by atoms with Gasteiger partial charge in [0.2, 0.25) is 5.91 Å². The summed E-state index contributed by atoms with van der Waals surface area (Å²) in [6.45, 7) is 3.12. The summed E-state index contributed by atoms with van der Waals surface area (Å²) < 4.78 is 33.8. The number of aryl methyl sites for hydroxylation is 1. The summed E-state index contributed by atoms with van der Waals surface area (Å²) in [5, 5.41) is 6.50. The summed E-state index contributed by atoms with van der Waals surface area (Å²) in [5.41, 5.74) is 1.52. The first-order valence-electron chi connectivity index (χ1n) is 8.05. The quantitative estimate of drug-likeness (QED) is 0.529. The van der Waals surface area contributed by atoms with Crippen LogP contribution in [0.3, 0.4) is 0 Å². The number of rotatable bonds is 6. The van der Waals surface area contributed by atoms with E-state index in [9.17, 15) is 13.2 Å². The molecule has 0 fully saturated rings. The van der Waals surface area contributed by atoms with Crippen molar-refractivity contribution in [2.75, 3.05) is 10.0 Å². The normalized spacial score (nSPS) is 11.7. The van der Waals surface area contributed by atoms with Gasteiger partial charge in [-0.2, -0.15) is 0 Å². The number of hydrogen-bond acceptors (Lipinski definition) is 6. The molecule has 1 amide bonds. The highest BCUT2D eigenvalue weighted by Gasteiger charge is 2.17. The smallest absolute Gasteiger partial charge is 0.271 e. The van der Waals surface area contributed by atoms with Crippen molar-refractivity contribution < 1.29 is 17.7 Å². The average Bonchev–Trinajstić information content (AvgIpc) is 3.21. The number of carbonyl (C=O) groups excluding carboxylic acids is 1. The molecule has 10 heteroatoms. The van der Waals surface area contributed by atoms with E-state index < -0.39 is 10.0 Å². The molecule has 0 saturated carbocycles. The Morgan fingerprint density at radius 3 is 2.75 bits per heavy atom. The Morgan fingerprint density at radius 2 is 2.04 bits per heavy atom. The van der Waals surface area contributed by atoms with E-state index in [2.05, 4.69) is 31.1 Å². The Morgan fingerprint density at radius 1 is 1.25 bits per heavy atom. The minimum atomic E-state index is -3.69. The molecule has 2 heterocycles. The van der Waals surface area contributed by atoms with Crippen LogP contribution in [0.25, 0.3) is 12.2 Å². The van der Waals surface area contributed by atoms with Crippen LogP contribution in [0.5, 0.6) is 0 Å². The van der Waals surface area contributed by atoms with Gasteiger partial charge < -0.3 is 9.84 Å². The Bertz CT molecular complexity index is 1150. The Labute approximate surface area is 174 Å². The maximum Gasteiger partial charge on any atom is 0.271 e. The van der Waals surface area contributed by atoms with E-state index in [4.69, 9.17) is 4.52 Å². The molecule has 0 bridgehead atoms. The maximum absolute atomic E-state index is 12.6. The molecular weight excluding hydrogens is 466 g/mol. The van der Waals surface area contributed by atoms with Crippen LogP contribution in [0, 0.1) is 6.92 Å². The van der Waals surface area contributed by atoms with Crippen LogP contribution in [0.4, 0.5) is 11.4 Å². The second-order valence-electron chi connectivity index (χ2n) is 5.79. The second kappa shape index (κ2) is 8.29. The summed E-state index contributed by atoms with van der Waals surface area (Å²) in [6.07, 6.45) is 3.34. The molecule has 146 valence electrons. The topological polar surface area (TPSA) is 101 Å². The van der Waals surface area contributed by atoms with Crippen molar-refractivity contribution in [3.63, 3.8) is 0 Å². The first kappa shape index (κ1) is 20.3. The lowest BCUT2D eigenvalue weighted by molar-refractivity contribution is -0.114. The zero-order valence-electron chi connectivity index (χ0n) is 14.9. The lowest BCUT2D eigenvalue weighted by Gasteiger charge is -2.06. The predicted molar refractivity (Wildman–Crippen MR) is 114 cm³/mol. The number of amides is 1. The zero-order chi connectivity index (χ0) is 20.3. The van der Waals surface area contributed by atoms with Crippen molar-refractivity contribution >= 4 is 66.7 Å². The molecule has 0 saturated heterocycles. The van der Waals surface area contributed by atoms with Crippen LogP contribution >= 0.6 is 27.3 Å². The predicted octanol–water partition coefficient (Wildman–Crippen LogP) is 4.74. The van der Waals surface area contributed by atoms with Gasteiger partial charge in [-0.05, 0) is 49.4 Å². The van der Waals surface area contributed by atoms with Crippen LogP contribution in [-0.4, -0.2) is 19.5 Å². The van der Waals surface area contributed by atoms with E-state index in [1.54, 1.807) is 43.3 Å². The fourth-order valence-corrected chi connectivity index (χ4v) is 4.99. The van der Waals surface area contributed by atoms with Gasteiger partial charge in [-0.1, -0.05) is 27.2 Å². The van der Waals surface area contributed by atoms with Crippen molar-refractivity contribution in [2.24, 2.45) is 0 Å². The SMILES string of the molecule is CC(=O)Nc1c(C)noc1/C=C/c1ccc(S(=O)(=O)Nc2cccc(Br)c2)s1. The van der Waals surface area contributed by atoms with Crippen LogP contribution in [0.2, 0.25) is 0 Å². The highest BCUT2D eigenvalue weighted by Crippen LogP contribution is 2.28. The minimum absolute atomic E-state index is 0.183. The molecule has 3 rings (SSSR count). The van der Waals surface area contributed by atoms with Gasteiger partial charge in [0.1, 0.15) is 15.6 Å². The third-order valence-corrected chi connectivity index (χ3v) is 6.95. The molecule has 2 N–H and O–H groups in total.